The van der Waals surface area contributed by atoms with Gasteiger partial charge in [-0.1, -0.05) is 6.07 Å². The third-order valence-electron chi connectivity index (χ3n) is 2.58. The molecule has 20 heavy (non-hydrogen) atoms. The summed E-state index contributed by atoms with van der Waals surface area (Å²) in [6.45, 7) is 0.586. The number of rotatable bonds is 8. The fourth-order valence-corrected chi connectivity index (χ4v) is 1.61. The van der Waals surface area contributed by atoms with Crippen molar-refractivity contribution in [2.75, 3.05) is 33.4 Å². The minimum Gasteiger partial charge on any atom is -0.387 e. The number of hydrogen-bond acceptors (Lipinski definition) is 4. The molecule has 7 heteroatoms. The minimum absolute atomic E-state index is 0.0587. The molecule has 0 spiro atoms. The maximum Gasteiger partial charge on any atom is 0.234 e. The third-order valence-corrected chi connectivity index (χ3v) is 2.58. The highest BCUT2D eigenvalue weighted by atomic mass is 19.1. The number of ether oxygens (including phenoxy) is 1. The second-order valence-electron chi connectivity index (χ2n) is 4.12. The average Bonchev–Trinajstić information content (AvgIpc) is 2.39. The van der Waals surface area contributed by atoms with Crippen LogP contribution in [0.4, 0.5) is 8.78 Å². The second kappa shape index (κ2) is 8.57. The number of nitrogens with one attached hydrogen (secondary N) is 2. The normalized spacial score (nSPS) is 12.2. The zero-order chi connectivity index (χ0) is 15.0. The summed E-state index contributed by atoms with van der Waals surface area (Å²) in [6, 6.07) is 3.36. The van der Waals surface area contributed by atoms with Crippen molar-refractivity contribution in [3.05, 3.63) is 35.4 Å². The van der Waals surface area contributed by atoms with E-state index in [0.29, 0.717) is 13.2 Å². The van der Waals surface area contributed by atoms with Gasteiger partial charge < -0.3 is 20.5 Å². The van der Waals surface area contributed by atoms with Crippen molar-refractivity contribution >= 4 is 5.91 Å². The second-order valence-corrected chi connectivity index (χ2v) is 4.12. The SMILES string of the molecule is COCCNC(=O)CNCC(O)c1c(F)cccc1F. The van der Waals surface area contributed by atoms with Crippen LogP contribution in [0.25, 0.3) is 0 Å². The van der Waals surface area contributed by atoms with E-state index in [1.807, 2.05) is 0 Å². The van der Waals surface area contributed by atoms with Crippen LogP contribution in [0.2, 0.25) is 0 Å². The Kier molecular flexibility index (Phi) is 7.06. The zero-order valence-corrected chi connectivity index (χ0v) is 11.2. The minimum atomic E-state index is -1.36. The first-order valence-corrected chi connectivity index (χ1v) is 6.14. The number of benzene rings is 1. The molecule has 0 saturated carbocycles. The lowest BCUT2D eigenvalue weighted by Crippen LogP contribution is -2.37. The maximum absolute atomic E-state index is 13.4. The van der Waals surface area contributed by atoms with Crippen molar-refractivity contribution in [2.45, 2.75) is 6.10 Å². The Hall–Kier alpha value is -1.57. The maximum atomic E-state index is 13.4. The fourth-order valence-electron chi connectivity index (χ4n) is 1.61. The van der Waals surface area contributed by atoms with E-state index in [-0.39, 0.29) is 19.0 Å². The van der Waals surface area contributed by atoms with Gasteiger partial charge >= 0.3 is 0 Å². The first-order valence-electron chi connectivity index (χ1n) is 6.14. The highest BCUT2D eigenvalue weighted by Crippen LogP contribution is 2.19. The van der Waals surface area contributed by atoms with Crippen LogP contribution in [0.5, 0.6) is 0 Å². The van der Waals surface area contributed by atoms with E-state index in [0.717, 1.165) is 12.1 Å². The molecule has 1 amide bonds. The molecule has 0 aromatic heterocycles. The van der Waals surface area contributed by atoms with Gasteiger partial charge in [0, 0.05) is 20.2 Å². The van der Waals surface area contributed by atoms with E-state index >= 15 is 0 Å². The van der Waals surface area contributed by atoms with Crippen LogP contribution < -0.4 is 10.6 Å². The molecule has 1 atom stereocenters. The van der Waals surface area contributed by atoms with Crippen molar-refractivity contribution in [1.29, 1.82) is 0 Å². The number of carbonyl (C=O) groups is 1. The molecule has 1 unspecified atom stereocenters. The molecule has 0 aliphatic heterocycles. The molecule has 0 aliphatic rings. The van der Waals surface area contributed by atoms with Crippen molar-refractivity contribution in [1.82, 2.24) is 10.6 Å². The predicted octanol–water partition coefficient (Wildman–Crippen LogP) is 0.350. The summed E-state index contributed by atoms with van der Waals surface area (Å²) in [7, 11) is 1.52. The smallest absolute Gasteiger partial charge is 0.234 e. The molecule has 5 nitrogen and oxygen atoms in total. The number of aliphatic hydroxyl groups is 1. The van der Waals surface area contributed by atoms with Gasteiger partial charge in [-0.05, 0) is 12.1 Å². The fraction of sp³-hybridized carbons (Fsp3) is 0.462. The van der Waals surface area contributed by atoms with Crippen LogP contribution in [-0.2, 0) is 9.53 Å². The van der Waals surface area contributed by atoms with Crippen LogP contribution in [0.3, 0.4) is 0 Å². The van der Waals surface area contributed by atoms with E-state index in [4.69, 9.17) is 4.74 Å². The van der Waals surface area contributed by atoms with E-state index in [1.165, 1.54) is 13.2 Å². The monoisotopic (exact) mass is 288 g/mol. The van der Waals surface area contributed by atoms with Crippen LogP contribution >= 0.6 is 0 Å². The summed E-state index contributed by atoms with van der Waals surface area (Å²) in [5, 5.41) is 14.9. The molecule has 0 fully saturated rings. The molecule has 112 valence electrons. The molecular weight excluding hydrogens is 270 g/mol. The lowest BCUT2D eigenvalue weighted by atomic mass is 10.1. The molecule has 1 aromatic carbocycles. The summed E-state index contributed by atoms with van der Waals surface area (Å²) in [5.41, 5.74) is -0.403. The van der Waals surface area contributed by atoms with Crippen molar-refractivity contribution in [3.8, 4) is 0 Å². The number of methoxy groups -OCH3 is 1. The summed E-state index contributed by atoms with van der Waals surface area (Å²) >= 11 is 0. The van der Waals surface area contributed by atoms with Gasteiger partial charge in [0.25, 0.3) is 0 Å². The van der Waals surface area contributed by atoms with Crippen molar-refractivity contribution in [3.63, 3.8) is 0 Å². The molecule has 0 bridgehead atoms. The Bertz CT molecular complexity index is 423. The van der Waals surface area contributed by atoms with Crippen molar-refractivity contribution in [2.24, 2.45) is 0 Å². The lowest BCUT2D eigenvalue weighted by Gasteiger charge is -2.13. The van der Waals surface area contributed by atoms with Gasteiger partial charge in [0.05, 0.1) is 24.8 Å². The van der Waals surface area contributed by atoms with Crippen LogP contribution in [0, 0.1) is 11.6 Å². The topological polar surface area (TPSA) is 70.6 Å². The number of amides is 1. The molecular formula is C13H18F2N2O3. The first-order chi connectivity index (χ1) is 9.56. The lowest BCUT2D eigenvalue weighted by molar-refractivity contribution is -0.120. The average molecular weight is 288 g/mol. The van der Waals surface area contributed by atoms with Gasteiger partial charge in [-0.2, -0.15) is 0 Å². The van der Waals surface area contributed by atoms with Crippen LogP contribution in [-0.4, -0.2) is 44.4 Å². The highest BCUT2D eigenvalue weighted by Gasteiger charge is 2.17. The summed E-state index contributed by atoms with van der Waals surface area (Å²) in [6.07, 6.45) is -1.36. The standard InChI is InChI=1S/C13H18F2N2O3/c1-20-6-5-17-12(19)8-16-7-11(18)13-9(14)3-2-4-10(13)15/h2-4,11,16,18H,5-8H2,1H3,(H,17,19). The van der Waals surface area contributed by atoms with Crippen molar-refractivity contribution < 1.29 is 23.4 Å². The Balaban J connectivity index is 2.36. The van der Waals surface area contributed by atoms with Gasteiger partial charge in [0.1, 0.15) is 11.6 Å². The quantitative estimate of drug-likeness (QED) is 0.604. The zero-order valence-electron chi connectivity index (χ0n) is 11.2. The molecule has 0 radical (unpaired) electrons. The molecule has 1 rings (SSSR count). The Morgan fingerprint density at radius 3 is 2.65 bits per heavy atom. The summed E-state index contributed by atoms with van der Waals surface area (Å²) in [5.74, 6) is -1.92. The van der Waals surface area contributed by atoms with E-state index in [9.17, 15) is 18.7 Å². The number of halogens is 2. The molecule has 3 N–H and O–H groups in total. The van der Waals surface area contributed by atoms with Gasteiger partial charge in [0.2, 0.25) is 5.91 Å². The molecule has 0 heterocycles. The number of hydrogen-bond donors (Lipinski definition) is 3. The molecule has 0 aliphatic carbocycles. The Morgan fingerprint density at radius 1 is 1.40 bits per heavy atom. The van der Waals surface area contributed by atoms with E-state index in [2.05, 4.69) is 10.6 Å². The molecule has 1 aromatic rings. The first kappa shape index (κ1) is 16.5. The van der Waals surface area contributed by atoms with Gasteiger partial charge in [0.15, 0.2) is 0 Å². The predicted molar refractivity (Wildman–Crippen MR) is 69.1 cm³/mol. The number of aliphatic hydroxyl groups excluding tert-OH is 1. The Morgan fingerprint density at radius 2 is 2.05 bits per heavy atom. The summed E-state index contributed by atoms with van der Waals surface area (Å²) in [4.78, 5) is 11.3. The number of carbonyl (C=O) groups excluding carboxylic acids is 1. The van der Waals surface area contributed by atoms with Crippen LogP contribution in [0.15, 0.2) is 18.2 Å². The van der Waals surface area contributed by atoms with E-state index in [1.54, 1.807) is 0 Å². The highest BCUT2D eigenvalue weighted by molar-refractivity contribution is 5.77. The van der Waals surface area contributed by atoms with Gasteiger partial charge in [-0.25, -0.2) is 8.78 Å². The summed E-state index contributed by atoms with van der Waals surface area (Å²) < 4.78 is 31.5. The van der Waals surface area contributed by atoms with E-state index < -0.39 is 23.3 Å². The largest absolute Gasteiger partial charge is 0.387 e. The van der Waals surface area contributed by atoms with Crippen LogP contribution in [0.1, 0.15) is 11.7 Å². The third kappa shape index (κ3) is 5.20. The Labute approximate surface area is 115 Å². The van der Waals surface area contributed by atoms with Gasteiger partial charge in [-0.15, -0.1) is 0 Å². The molecule has 0 saturated heterocycles. The van der Waals surface area contributed by atoms with Gasteiger partial charge in [-0.3, -0.25) is 4.79 Å².